The fourth-order valence-electron chi connectivity index (χ4n) is 1.59. The lowest BCUT2D eigenvalue weighted by atomic mass is 9.96. The van der Waals surface area contributed by atoms with Crippen LogP contribution < -0.4 is 0 Å². The highest BCUT2D eigenvalue weighted by Gasteiger charge is 2.20. The second-order valence-corrected chi connectivity index (χ2v) is 4.32. The Bertz CT molecular complexity index is 187. The molecule has 2 unspecified atom stereocenters. The minimum absolute atomic E-state index is 0.0994. The minimum atomic E-state index is -0.800. The molecule has 0 N–H and O–H groups in total. The lowest BCUT2D eigenvalue weighted by molar-refractivity contribution is 0.0169. The van der Waals surface area contributed by atoms with E-state index in [4.69, 9.17) is 4.74 Å². The van der Waals surface area contributed by atoms with Gasteiger partial charge in [-0.1, -0.05) is 25.5 Å². The monoisotopic (exact) mass is 186 g/mol. The van der Waals surface area contributed by atoms with Crippen molar-refractivity contribution >= 4 is 0 Å². The molecule has 0 amide bonds. The summed E-state index contributed by atoms with van der Waals surface area (Å²) in [5.74, 6) is 0.532. The smallest absolute Gasteiger partial charge is 0.121 e. The Kier molecular flexibility index (Phi) is 3.91. The van der Waals surface area contributed by atoms with Crippen LogP contribution in [0.3, 0.4) is 0 Å². The maximum Gasteiger partial charge on any atom is 0.121 e. The number of alkyl halides is 1. The largest absolute Gasteiger partial charge is 0.377 e. The van der Waals surface area contributed by atoms with Gasteiger partial charge in [-0.25, -0.2) is 4.39 Å². The summed E-state index contributed by atoms with van der Waals surface area (Å²) in [6.07, 6.45) is 2.43. The van der Waals surface area contributed by atoms with Crippen molar-refractivity contribution in [1.82, 2.24) is 0 Å². The molecule has 0 saturated heterocycles. The van der Waals surface area contributed by atoms with Crippen molar-refractivity contribution < 1.29 is 9.13 Å². The van der Waals surface area contributed by atoms with Crippen molar-refractivity contribution in [3.8, 4) is 0 Å². The fourth-order valence-corrected chi connectivity index (χ4v) is 1.59. The lowest BCUT2D eigenvalue weighted by Gasteiger charge is -2.24. The van der Waals surface area contributed by atoms with Gasteiger partial charge in [0.1, 0.15) is 6.17 Å². The normalized spacial score (nSPS) is 29.2. The summed E-state index contributed by atoms with van der Waals surface area (Å²) >= 11 is 0. The molecule has 1 rings (SSSR count). The van der Waals surface area contributed by atoms with E-state index >= 15 is 0 Å². The van der Waals surface area contributed by atoms with Gasteiger partial charge in [0.25, 0.3) is 0 Å². The predicted molar refractivity (Wildman–Crippen MR) is 52.5 cm³/mol. The van der Waals surface area contributed by atoms with Gasteiger partial charge in [0.05, 0.1) is 6.10 Å². The average Bonchev–Trinajstić information content (AvgIpc) is 1.99. The molecule has 0 bridgehead atoms. The van der Waals surface area contributed by atoms with Gasteiger partial charge in [-0.3, -0.25) is 0 Å². The van der Waals surface area contributed by atoms with Crippen molar-refractivity contribution in [3.05, 3.63) is 11.6 Å². The van der Waals surface area contributed by atoms with Gasteiger partial charge in [0, 0.05) is 13.0 Å². The van der Waals surface area contributed by atoms with Gasteiger partial charge in [0.15, 0.2) is 0 Å². The Morgan fingerprint density at radius 2 is 2.31 bits per heavy atom. The highest BCUT2D eigenvalue weighted by atomic mass is 19.1. The fraction of sp³-hybridized carbons (Fsp3) is 0.818. The third-order valence-electron chi connectivity index (χ3n) is 2.17. The van der Waals surface area contributed by atoms with Crippen LogP contribution in [0.4, 0.5) is 4.39 Å². The van der Waals surface area contributed by atoms with E-state index in [1.165, 1.54) is 0 Å². The predicted octanol–water partition coefficient (Wildman–Crippen LogP) is 3.11. The second kappa shape index (κ2) is 4.75. The van der Waals surface area contributed by atoms with E-state index in [1.807, 2.05) is 6.92 Å². The van der Waals surface area contributed by atoms with Crippen molar-refractivity contribution in [2.24, 2.45) is 5.92 Å². The first-order valence-electron chi connectivity index (χ1n) is 5.01. The molecule has 0 radical (unpaired) electrons. The molecule has 0 aromatic rings. The van der Waals surface area contributed by atoms with Crippen LogP contribution in [-0.2, 0) is 4.74 Å². The quantitative estimate of drug-likeness (QED) is 0.615. The third kappa shape index (κ3) is 3.90. The van der Waals surface area contributed by atoms with Crippen molar-refractivity contribution in [2.75, 3.05) is 6.61 Å². The first-order chi connectivity index (χ1) is 6.08. The standard InChI is InChI=1S/C11H19FO/c1-8(2)7-13-11-5-9(3)4-10(12)6-11/h4,8,10-11H,5-7H2,1-3H3. The van der Waals surface area contributed by atoms with E-state index in [-0.39, 0.29) is 6.10 Å². The lowest BCUT2D eigenvalue weighted by Crippen LogP contribution is -2.24. The molecule has 0 heterocycles. The Morgan fingerprint density at radius 1 is 1.62 bits per heavy atom. The van der Waals surface area contributed by atoms with Crippen LogP contribution in [0.2, 0.25) is 0 Å². The highest BCUT2D eigenvalue weighted by Crippen LogP contribution is 2.23. The summed E-state index contributed by atoms with van der Waals surface area (Å²) in [4.78, 5) is 0. The molecule has 1 nitrogen and oxygen atoms in total. The molecule has 13 heavy (non-hydrogen) atoms. The van der Waals surface area contributed by atoms with E-state index in [0.29, 0.717) is 12.3 Å². The van der Waals surface area contributed by atoms with Crippen molar-refractivity contribution in [3.63, 3.8) is 0 Å². The number of allylic oxidation sites excluding steroid dienone is 1. The van der Waals surface area contributed by atoms with Gasteiger partial charge >= 0.3 is 0 Å². The summed E-state index contributed by atoms with van der Waals surface area (Å²) in [5, 5.41) is 0. The van der Waals surface area contributed by atoms with Crippen LogP contribution in [-0.4, -0.2) is 18.9 Å². The zero-order valence-corrected chi connectivity index (χ0v) is 8.72. The van der Waals surface area contributed by atoms with Gasteiger partial charge in [-0.15, -0.1) is 0 Å². The molecule has 0 fully saturated rings. The zero-order chi connectivity index (χ0) is 9.84. The van der Waals surface area contributed by atoms with E-state index < -0.39 is 6.17 Å². The molecule has 2 atom stereocenters. The molecule has 2 heteroatoms. The summed E-state index contributed by atoms with van der Waals surface area (Å²) in [7, 11) is 0. The molecule has 0 aromatic carbocycles. The second-order valence-electron chi connectivity index (χ2n) is 4.32. The SMILES string of the molecule is CC1=CC(F)CC(OCC(C)C)C1. The summed E-state index contributed by atoms with van der Waals surface area (Å²) in [6, 6.07) is 0. The Balaban J connectivity index is 2.33. The number of halogens is 1. The van der Waals surface area contributed by atoms with Crippen LogP contribution in [0.15, 0.2) is 11.6 Å². The molecule has 1 aliphatic rings. The summed E-state index contributed by atoms with van der Waals surface area (Å²) in [6.45, 7) is 6.93. The number of ether oxygens (including phenoxy) is 1. The van der Waals surface area contributed by atoms with Crippen LogP contribution in [0.5, 0.6) is 0 Å². The highest BCUT2D eigenvalue weighted by molar-refractivity contribution is 5.08. The van der Waals surface area contributed by atoms with Gasteiger partial charge in [-0.2, -0.15) is 0 Å². The number of hydrogen-bond donors (Lipinski definition) is 0. The van der Waals surface area contributed by atoms with Crippen LogP contribution in [0.1, 0.15) is 33.6 Å². The molecule has 0 saturated carbocycles. The maximum atomic E-state index is 13.1. The molecule has 0 aliphatic heterocycles. The van der Waals surface area contributed by atoms with Gasteiger partial charge in [-0.05, 0) is 19.3 Å². The Morgan fingerprint density at radius 3 is 2.85 bits per heavy atom. The molecule has 1 aliphatic carbocycles. The van der Waals surface area contributed by atoms with E-state index in [0.717, 1.165) is 18.6 Å². The van der Waals surface area contributed by atoms with E-state index in [2.05, 4.69) is 13.8 Å². The Labute approximate surface area is 80.0 Å². The molecular weight excluding hydrogens is 167 g/mol. The van der Waals surface area contributed by atoms with Crippen LogP contribution >= 0.6 is 0 Å². The minimum Gasteiger partial charge on any atom is -0.377 e. The van der Waals surface area contributed by atoms with Crippen LogP contribution in [0, 0.1) is 5.92 Å². The van der Waals surface area contributed by atoms with Gasteiger partial charge in [0.2, 0.25) is 0 Å². The van der Waals surface area contributed by atoms with E-state index in [9.17, 15) is 4.39 Å². The topological polar surface area (TPSA) is 9.23 Å². The average molecular weight is 186 g/mol. The molecule has 76 valence electrons. The maximum absolute atomic E-state index is 13.1. The molecule has 0 aromatic heterocycles. The van der Waals surface area contributed by atoms with Crippen molar-refractivity contribution in [2.45, 2.75) is 45.9 Å². The first-order valence-corrected chi connectivity index (χ1v) is 5.01. The zero-order valence-electron chi connectivity index (χ0n) is 8.72. The van der Waals surface area contributed by atoms with E-state index in [1.54, 1.807) is 6.08 Å². The Hall–Kier alpha value is -0.370. The molecule has 0 spiro atoms. The van der Waals surface area contributed by atoms with Crippen LogP contribution in [0.25, 0.3) is 0 Å². The summed E-state index contributed by atoms with van der Waals surface area (Å²) < 4.78 is 18.7. The number of rotatable bonds is 3. The van der Waals surface area contributed by atoms with Gasteiger partial charge < -0.3 is 4.74 Å². The van der Waals surface area contributed by atoms with Crippen molar-refractivity contribution in [1.29, 1.82) is 0 Å². The third-order valence-corrected chi connectivity index (χ3v) is 2.17. The molecular formula is C11H19FO. The first kappa shape index (κ1) is 10.7. The number of hydrogen-bond acceptors (Lipinski definition) is 1. The summed E-state index contributed by atoms with van der Waals surface area (Å²) in [5.41, 5.74) is 1.12.